The number of likely N-dealkylation sites (tertiary alicyclic amines) is 1. The molecule has 0 aliphatic carbocycles. The van der Waals surface area contributed by atoms with Gasteiger partial charge in [-0.1, -0.05) is 5.21 Å². The van der Waals surface area contributed by atoms with Gasteiger partial charge in [-0.05, 0) is 25.0 Å². The fourth-order valence-corrected chi connectivity index (χ4v) is 3.75. The maximum atomic E-state index is 5.88. The van der Waals surface area contributed by atoms with E-state index in [0.29, 0.717) is 12.2 Å². The zero-order chi connectivity index (χ0) is 15.9. The number of H-pyrrole nitrogens is 1. The quantitative estimate of drug-likeness (QED) is 0.790. The lowest BCUT2D eigenvalue weighted by Crippen LogP contribution is -2.43. The Kier molecular flexibility index (Phi) is 3.34. The van der Waals surface area contributed by atoms with E-state index in [0.717, 1.165) is 48.5 Å². The maximum Gasteiger partial charge on any atom is 0.137 e. The van der Waals surface area contributed by atoms with E-state index in [2.05, 4.69) is 31.2 Å². The average molecular weight is 324 g/mol. The van der Waals surface area contributed by atoms with Crippen molar-refractivity contribution in [2.75, 3.05) is 19.6 Å². The predicted molar refractivity (Wildman–Crippen MR) is 89.4 cm³/mol. The van der Waals surface area contributed by atoms with E-state index >= 15 is 0 Å². The summed E-state index contributed by atoms with van der Waals surface area (Å²) in [5.74, 6) is 0. The predicted octanol–water partition coefficient (Wildman–Crippen LogP) is 1.68. The lowest BCUT2D eigenvalue weighted by molar-refractivity contribution is -0.0392. The molecule has 7 heteroatoms. The summed E-state index contributed by atoms with van der Waals surface area (Å²) in [5.41, 5.74) is 2.76. The molecule has 2 bridgehead atoms. The Labute approximate surface area is 139 Å². The highest BCUT2D eigenvalue weighted by Gasteiger charge is 2.33. The first-order valence-electron chi connectivity index (χ1n) is 8.55. The highest BCUT2D eigenvalue weighted by Crippen LogP contribution is 2.26. The molecule has 0 amide bonds. The topological polar surface area (TPSA) is 71.9 Å². The van der Waals surface area contributed by atoms with Crippen LogP contribution in [0.25, 0.3) is 22.3 Å². The third kappa shape index (κ3) is 2.59. The molecule has 2 aliphatic heterocycles. The summed E-state index contributed by atoms with van der Waals surface area (Å²) in [6.45, 7) is 3.94. The van der Waals surface area contributed by atoms with Crippen LogP contribution in [0.4, 0.5) is 0 Å². The number of nitrogens with zero attached hydrogens (tertiary/aromatic N) is 5. The summed E-state index contributed by atoms with van der Waals surface area (Å²) in [4.78, 5) is 10.0. The average Bonchev–Trinajstić information content (AvgIpc) is 3.32. The van der Waals surface area contributed by atoms with E-state index in [9.17, 15) is 0 Å². The van der Waals surface area contributed by atoms with Crippen molar-refractivity contribution in [1.82, 2.24) is 29.9 Å². The van der Waals surface area contributed by atoms with Gasteiger partial charge in [-0.15, -0.1) is 5.10 Å². The minimum absolute atomic E-state index is 0.439. The van der Waals surface area contributed by atoms with Crippen LogP contribution in [0, 0.1) is 0 Å². The first-order valence-corrected chi connectivity index (χ1v) is 8.55. The number of pyridine rings is 1. The Morgan fingerprint density at radius 1 is 1.21 bits per heavy atom. The molecule has 3 aromatic heterocycles. The van der Waals surface area contributed by atoms with Gasteiger partial charge in [0.25, 0.3) is 0 Å². The van der Waals surface area contributed by atoms with E-state index in [4.69, 9.17) is 4.74 Å². The molecule has 0 aromatic carbocycles. The minimum atomic E-state index is 0.439. The normalized spacial score (nSPS) is 24.0. The summed E-state index contributed by atoms with van der Waals surface area (Å²) in [5, 5.41) is 9.66. The van der Waals surface area contributed by atoms with Crippen molar-refractivity contribution >= 4 is 11.0 Å². The van der Waals surface area contributed by atoms with Crippen molar-refractivity contribution in [3.8, 4) is 11.3 Å². The number of hydrogen-bond acceptors (Lipinski definition) is 5. The van der Waals surface area contributed by atoms with Gasteiger partial charge in [0.05, 0.1) is 24.9 Å². The second-order valence-electron chi connectivity index (χ2n) is 6.72. The molecule has 0 saturated carbocycles. The van der Waals surface area contributed by atoms with Gasteiger partial charge in [0.2, 0.25) is 0 Å². The van der Waals surface area contributed by atoms with Crippen LogP contribution in [-0.4, -0.2) is 61.7 Å². The van der Waals surface area contributed by atoms with Crippen LogP contribution in [0.1, 0.15) is 12.8 Å². The molecule has 24 heavy (non-hydrogen) atoms. The van der Waals surface area contributed by atoms with Crippen molar-refractivity contribution < 1.29 is 4.74 Å². The lowest BCUT2D eigenvalue weighted by Gasteiger charge is -2.31. The van der Waals surface area contributed by atoms with Gasteiger partial charge < -0.3 is 9.72 Å². The fourth-order valence-electron chi connectivity index (χ4n) is 3.75. The molecular weight excluding hydrogens is 304 g/mol. The monoisotopic (exact) mass is 324 g/mol. The second kappa shape index (κ2) is 5.68. The molecule has 2 aliphatic rings. The summed E-state index contributed by atoms with van der Waals surface area (Å²) in [7, 11) is 0. The van der Waals surface area contributed by atoms with Crippen LogP contribution in [0.2, 0.25) is 0 Å². The van der Waals surface area contributed by atoms with Gasteiger partial charge in [-0.25, -0.2) is 4.98 Å². The molecule has 2 unspecified atom stereocenters. The lowest BCUT2D eigenvalue weighted by atomic mass is 10.2. The standard InChI is InChI=1S/C17H20N6O/c1-2-15-10-22(9-14(1)24-15)5-6-23-11-16(20-21-23)13-7-12-3-4-18-17(12)19-8-13/h3-4,7-8,11,14-15H,1-2,5-6,9-10H2,(H,18,19). The van der Waals surface area contributed by atoms with Crippen LogP contribution < -0.4 is 0 Å². The highest BCUT2D eigenvalue weighted by molar-refractivity contribution is 5.80. The first kappa shape index (κ1) is 14.1. The number of nitrogens with one attached hydrogen (secondary N) is 1. The van der Waals surface area contributed by atoms with Crippen molar-refractivity contribution in [3.63, 3.8) is 0 Å². The third-order valence-electron chi connectivity index (χ3n) is 5.00. The molecule has 2 fully saturated rings. The Bertz CT molecular complexity index is 844. The van der Waals surface area contributed by atoms with E-state index in [1.807, 2.05) is 29.3 Å². The Hall–Kier alpha value is -2.25. The molecule has 5 heterocycles. The Balaban J connectivity index is 1.27. The molecule has 0 spiro atoms. The number of ether oxygens (including phenoxy) is 1. The molecule has 5 rings (SSSR count). The number of hydrogen-bond donors (Lipinski definition) is 1. The molecule has 1 N–H and O–H groups in total. The first-order chi connectivity index (χ1) is 11.8. The van der Waals surface area contributed by atoms with Gasteiger partial charge in [0.15, 0.2) is 0 Å². The van der Waals surface area contributed by atoms with Crippen molar-refractivity contribution in [1.29, 1.82) is 0 Å². The number of rotatable bonds is 4. The fraction of sp³-hybridized carbons (Fsp3) is 0.471. The van der Waals surface area contributed by atoms with Crippen LogP contribution in [0.15, 0.2) is 30.7 Å². The number of aromatic nitrogens is 5. The molecule has 124 valence electrons. The van der Waals surface area contributed by atoms with Crippen LogP contribution in [0.5, 0.6) is 0 Å². The molecule has 0 radical (unpaired) electrons. The van der Waals surface area contributed by atoms with Gasteiger partial charge in [0, 0.05) is 43.0 Å². The van der Waals surface area contributed by atoms with Crippen LogP contribution >= 0.6 is 0 Å². The van der Waals surface area contributed by atoms with Crippen molar-refractivity contribution in [2.45, 2.75) is 31.6 Å². The second-order valence-corrected chi connectivity index (χ2v) is 6.72. The van der Waals surface area contributed by atoms with Gasteiger partial charge in [-0.3, -0.25) is 9.58 Å². The summed E-state index contributed by atoms with van der Waals surface area (Å²) >= 11 is 0. The molecule has 2 atom stereocenters. The van der Waals surface area contributed by atoms with Crippen molar-refractivity contribution in [2.24, 2.45) is 0 Å². The van der Waals surface area contributed by atoms with E-state index in [1.54, 1.807) is 0 Å². The summed E-state index contributed by atoms with van der Waals surface area (Å²) < 4.78 is 7.81. The number of morpholine rings is 1. The number of aromatic amines is 1. The molecule has 7 nitrogen and oxygen atoms in total. The van der Waals surface area contributed by atoms with E-state index < -0.39 is 0 Å². The Morgan fingerprint density at radius 3 is 2.96 bits per heavy atom. The molecule has 2 saturated heterocycles. The zero-order valence-corrected chi connectivity index (χ0v) is 13.4. The van der Waals surface area contributed by atoms with Gasteiger partial charge >= 0.3 is 0 Å². The van der Waals surface area contributed by atoms with E-state index in [1.165, 1.54) is 12.8 Å². The maximum absolute atomic E-state index is 5.88. The SMILES string of the molecule is c1cc2cc(-c3cn(CCN4CC5CCC(C4)O5)nn3)cnc2[nH]1. The van der Waals surface area contributed by atoms with Crippen molar-refractivity contribution in [3.05, 3.63) is 30.7 Å². The number of fused-ring (bicyclic) bond motifs is 3. The molecular formula is C17H20N6O. The summed E-state index contributed by atoms with van der Waals surface area (Å²) in [6, 6.07) is 4.11. The third-order valence-corrected chi connectivity index (χ3v) is 5.00. The minimum Gasteiger partial charge on any atom is -0.372 e. The molecule has 3 aromatic rings. The summed E-state index contributed by atoms with van der Waals surface area (Å²) in [6.07, 6.45) is 9.04. The Morgan fingerprint density at radius 2 is 2.08 bits per heavy atom. The van der Waals surface area contributed by atoms with E-state index in [-0.39, 0.29) is 0 Å². The largest absolute Gasteiger partial charge is 0.372 e. The van der Waals surface area contributed by atoms with Crippen LogP contribution in [0.3, 0.4) is 0 Å². The van der Waals surface area contributed by atoms with Gasteiger partial charge in [-0.2, -0.15) is 0 Å². The van der Waals surface area contributed by atoms with Gasteiger partial charge in [0.1, 0.15) is 11.3 Å². The smallest absolute Gasteiger partial charge is 0.137 e. The highest BCUT2D eigenvalue weighted by atomic mass is 16.5. The zero-order valence-electron chi connectivity index (χ0n) is 13.4. The van der Waals surface area contributed by atoms with Crippen LogP contribution in [-0.2, 0) is 11.3 Å².